The van der Waals surface area contributed by atoms with Crippen molar-refractivity contribution >= 4 is 34.9 Å². The van der Waals surface area contributed by atoms with Gasteiger partial charge in [-0.2, -0.15) is 13.2 Å². The number of rotatable bonds is 5. The summed E-state index contributed by atoms with van der Waals surface area (Å²) in [5.41, 5.74) is 5.93. The number of anilines is 1. The van der Waals surface area contributed by atoms with E-state index in [1.54, 1.807) is 36.2 Å². The summed E-state index contributed by atoms with van der Waals surface area (Å²) < 4.78 is 53.0. The number of hydrogen-bond donors (Lipinski definition) is 1. The molecule has 0 bridgehead atoms. The zero-order chi connectivity index (χ0) is 26.2. The van der Waals surface area contributed by atoms with E-state index in [2.05, 4.69) is 4.98 Å². The lowest BCUT2D eigenvalue weighted by Gasteiger charge is -2.29. The lowest BCUT2D eigenvalue weighted by molar-refractivity contribution is -0.140. The maximum absolute atomic E-state index is 14.1. The van der Waals surface area contributed by atoms with E-state index < -0.39 is 17.6 Å². The Hall–Kier alpha value is -2.88. The number of pyridine rings is 1. The van der Waals surface area contributed by atoms with Gasteiger partial charge in [0.05, 0.1) is 21.2 Å². The largest absolute Gasteiger partial charge is 0.419 e. The number of likely N-dealkylation sites (tertiary alicyclic amines) is 1. The van der Waals surface area contributed by atoms with Gasteiger partial charge in [0.25, 0.3) is 5.91 Å². The highest BCUT2D eigenvalue weighted by Crippen LogP contribution is 2.36. The van der Waals surface area contributed by atoms with Crippen LogP contribution in [0.4, 0.5) is 23.4 Å². The van der Waals surface area contributed by atoms with Crippen molar-refractivity contribution in [2.75, 3.05) is 25.9 Å². The third-order valence-corrected chi connectivity index (χ3v) is 7.06. The number of nitrogens with two attached hydrogens (primary N) is 1. The van der Waals surface area contributed by atoms with Crippen molar-refractivity contribution in [2.45, 2.75) is 24.7 Å². The van der Waals surface area contributed by atoms with E-state index in [9.17, 15) is 22.4 Å². The minimum atomic E-state index is -4.77. The molecular weight excluding hydrogens is 519 g/mol. The average molecular weight is 541 g/mol. The molecule has 0 radical (unpaired) electrons. The van der Waals surface area contributed by atoms with Crippen LogP contribution < -0.4 is 5.73 Å². The molecule has 36 heavy (non-hydrogen) atoms. The van der Waals surface area contributed by atoms with E-state index >= 15 is 0 Å². The molecule has 0 spiro atoms. The summed E-state index contributed by atoms with van der Waals surface area (Å²) in [6, 6.07) is 11.0. The summed E-state index contributed by atoms with van der Waals surface area (Å²) in [6.07, 6.45) is -3.36. The zero-order valence-corrected chi connectivity index (χ0v) is 20.6. The molecule has 1 aliphatic heterocycles. The Morgan fingerprint density at radius 3 is 2.47 bits per heavy atom. The highest BCUT2D eigenvalue weighted by atomic mass is 35.5. The third kappa shape index (κ3) is 5.58. The second kappa shape index (κ2) is 10.2. The van der Waals surface area contributed by atoms with Crippen molar-refractivity contribution in [3.8, 4) is 0 Å². The van der Waals surface area contributed by atoms with E-state index in [1.165, 1.54) is 12.3 Å². The number of amides is 1. The lowest BCUT2D eigenvalue weighted by Crippen LogP contribution is -2.38. The molecule has 1 fully saturated rings. The minimum absolute atomic E-state index is 0.170. The van der Waals surface area contributed by atoms with Crippen LogP contribution in [0.1, 0.15) is 33.0 Å². The fourth-order valence-electron chi connectivity index (χ4n) is 4.48. The van der Waals surface area contributed by atoms with Gasteiger partial charge >= 0.3 is 6.18 Å². The number of nitrogens with zero attached hydrogens (tertiary/aromatic N) is 3. The standard InChI is InChI=1S/C25H22Cl2F4N4O/c1-34(11-14-2-5-18(21(28)8-14)25(29,30)31)22-13-35(24(36)16-4-7-23(32)33-10-16)12-17(22)15-3-6-19(26)20(27)9-15/h2-10,17,22H,11-13H2,1H3,(H2,32,33)/t17-,22+/m1/s1. The van der Waals surface area contributed by atoms with Crippen molar-refractivity contribution in [2.24, 2.45) is 0 Å². The maximum Gasteiger partial charge on any atom is 0.419 e. The molecule has 2 atom stereocenters. The molecule has 1 aromatic heterocycles. The molecule has 3 aromatic rings. The van der Waals surface area contributed by atoms with Crippen LogP contribution in [0.2, 0.25) is 10.0 Å². The number of carbonyl (C=O) groups is 1. The van der Waals surface area contributed by atoms with Gasteiger partial charge in [0, 0.05) is 37.8 Å². The monoisotopic (exact) mass is 540 g/mol. The molecule has 1 saturated heterocycles. The van der Waals surface area contributed by atoms with Gasteiger partial charge in [0.15, 0.2) is 0 Å². The van der Waals surface area contributed by atoms with E-state index in [0.29, 0.717) is 40.1 Å². The first-order chi connectivity index (χ1) is 16.9. The van der Waals surface area contributed by atoms with Gasteiger partial charge in [-0.15, -0.1) is 0 Å². The number of alkyl halides is 3. The van der Waals surface area contributed by atoms with E-state index in [1.807, 2.05) is 11.0 Å². The maximum atomic E-state index is 14.1. The lowest BCUT2D eigenvalue weighted by atomic mass is 9.93. The molecule has 0 unspecified atom stereocenters. The number of hydrogen-bond acceptors (Lipinski definition) is 4. The van der Waals surface area contributed by atoms with Crippen LogP contribution in [0.25, 0.3) is 0 Å². The summed E-state index contributed by atoms with van der Waals surface area (Å²) >= 11 is 12.3. The second-order valence-electron chi connectivity index (χ2n) is 8.76. The summed E-state index contributed by atoms with van der Waals surface area (Å²) in [5.74, 6) is -1.45. The van der Waals surface area contributed by atoms with Crippen LogP contribution in [-0.2, 0) is 12.7 Å². The molecule has 2 heterocycles. The zero-order valence-electron chi connectivity index (χ0n) is 19.1. The predicted octanol–water partition coefficient (Wildman–Crippen LogP) is 5.87. The van der Waals surface area contributed by atoms with E-state index in [0.717, 1.165) is 17.7 Å². The van der Waals surface area contributed by atoms with Crippen molar-refractivity contribution in [3.63, 3.8) is 0 Å². The molecule has 0 aliphatic carbocycles. The number of aromatic nitrogens is 1. The van der Waals surface area contributed by atoms with Gasteiger partial charge in [-0.05, 0) is 54.6 Å². The number of halogens is 6. The summed E-state index contributed by atoms with van der Waals surface area (Å²) in [4.78, 5) is 20.7. The average Bonchev–Trinajstić information content (AvgIpc) is 3.26. The summed E-state index contributed by atoms with van der Waals surface area (Å²) in [6.45, 7) is 0.855. The van der Waals surface area contributed by atoms with E-state index in [-0.39, 0.29) is 24.4 Å². The Labute approximate surface area is 215 Å². The molecule has 0 saturated carbocycles. The Bertz CT molecular complexity index is 1270. The van der Waals surface area contributed by atoms with E-state index in [4.69, 9.17) is 28.9 Å². The topological polar surface area (TPSA) is 62.5 Å². The summed E-state index contributed by atoms with van der Waals surface area (Å²) in [7, 11) is 1.78. The number of benzene rings is 2. The molecular formula is C25H22Cl2F4N4O. The fourth-order valence-corrected chi connectivity index (χ4v) is 4.78. The summed E-state index contributed by atoms with van der Waals surface area (Å²) in [5, 5.41) is 0.761. The third-order valence-electron chi connectivity index (χ3n) is 6.32. The molecule has 1 aliphatic rings. The van der Waals surface area contributed by atoms with Crippen LogP contribution in [0.5, 0.6) is 0 Å². The van der Waals surface area contributed by atoms with Gasteiger partial charge in [-0.25, -0.2) is 9.37 Å². The molecule has 2 aromatic carbocycles. The number of carbonyl (C=O) groups excluding carboxylic acids is 1. The van der Waals surface area contributed by atoms with Gasteiger partial charge < -0.3 is 10.6 Å². The van der Waals surface area contributed by atoms with Crippen molar-refractivity contribution < 1.29 is 22.4 Å². The Morgan fingerprint density at radius 1 is 1.11 bits per heavy atom. The quantitative estimate of drug-likeness (QED) is 0.411. The predicted molar refractivity (Wildman–Crippen MR) is 130 cm³/mol. The molecule has 190 valence electrons. The number of nitrogen functional groups attached to an aromatic ring is 1. The Morgan fingerprint density at radius 2 is 1.86 bits per heavy atom. The molecule has 2 N–H and O–H groups in total. The highest BCUT2D eigenvalue weighted by Gasteiger charge is 2.39. The normalized spacial score (nSPS) is 18.2. The first-order valence-corrected chi connectivity index (χ1v) is 11.7. The van der Waals surface area contributed by atoms with Crippen LogP contribution in [-0.4, -0.2) is 46.9 Å². The highest BCUT2D eigenvalue weighted by molar-refractivity contribution is 6.42. The Kier molecular flexibility index (Phi) is 7.45. The first kappa shape index (κ1) is 26.2. The van der Waals surface area contributed by atoms with Crippen molar-refractivity contribution in [3.05, 3.63) is 92.8 Å². The first-order valence-electron chi connectivity index (χ1n) is 11.0. The van der Waals surface area contributed by atoms with Crippen LogP contribution in [0.3, 0.4) is 0 Å². The van der Waals surface area contributed by atoms with Gasteiger partial charge in [-0.3, -0.25) is 9.69 Å². The smallest absolute Gasteiger partial charge is 0.384 e. The van der Waals surface area contributed by atoms with Crippen molar-refractivity contribution in [1.82, 2.24) is 14.8 Å². The van der Waals surface area contributed by atoms with Crippen molar-refractivity contribution in [1.29, 1.82) is 0 Å². The fraction of sp³-hybridized carbons (Fsp3) is 0.280. The molecule has 11 heteroatoms. The molecule has 4 rings (SSSR count). The Balaban J connectivity index is 1.61. The van der Waals surface area contributed by atoms with Crippen LogP contribution >= 0.6 is 23.2 Å². The molecule has 5 nitrogen and oxygen atoms in total. The van der Waals surface area contributed by atoms with Gasteiger partial charge in [-0.1, -0.05) is 35.3 Å². The van der Waals surface area contributed by atoms with Gasteiger partial charge in [0.2, 0.25) is 0 Å². The van der Waals surface area contributed by atoms with Gasteiger partial charge in [0.1, 0.15) is 11.6 Å². The minimum Gasteiger partial charge on any atom is -0.384 e. The second-order valence-corrected chi connectivity index (χ2v) is 9.57. The number of likely N-dealkylation sites (N-methyl/N-ethyl adjacent to an activating group) is 1. The molecule has 1 amide bonds. The van der Waals surface area contributed by atoms with Crippen LogP contribution in [0, 0.1) is 5.82 Å². The SMILES string of the molecule is CN(Cc1ccc(C(F)(F)F)c(F)c1)[C@H]1CN(C(=O)c2ccc(N)nc2)C[C@@H]1c1ccc(Cl)c(Cl)c1. The van der Waals surface area contributed by atoms with Crippen LogP contribution in [0.15, 0.2) is 54.7 Å².